The highest BCUT2D eigenvalue weighted by Crippen LogP contribution is 2.35. The maximum absolute atomic E-state index is 13.7. The quantitative estimate of drug-likeness (QED) is 0.339. The van der Waals surface area contributed by atoms with Gasteiger partial charge in [0, 0.05) is 69.2 Å². The molecule has 1 aromatic heterocycles. The van der Waals surface area contributed by atoms with E-state index >= 15 is 0 Å². The van der Waals surface area contributed by atoms with Crippen LogP contribution in [0.5, 0.6) is 0 Å². The van der Waals surface area contributed by atoms with Gasteiger partial charge in [-0.3, -0.25) is 9.69 Å². The summed E-state index contributed by atoms with van der Waals surface area (Å²) in [4.78, 5) is 17.8. The number of aryl methyl sites for hydroxylation is 1. The van der Waals surface area contributed by atoms with E-state index in [-0.39, 0.29) is 17.6 Å². The normalized spacial score (nSPS) is 15.6. The Kier molecular flexibility index (Phi) is 7.28. The van der Waals surface area contributed by atoms with Gasteiger partial charge in [0.1, 0.15) is 5.82 Å². The number of carbonyl (C=O) groups excluding carboxylic acids is 1. The smallest absolute Gasteiger partial charge is 0.223 e. The summed E-state index contributed by atoms with van der Waals surface area (Å²) in [6.45, 7) is 4.05. The molecule has 1 atom stereocenters. The fraction of sp³-hybridized carbons (Fsp3) is 0.258. The molecule has 1 aliphatic rings. The van der Waals surface area contributed by atoms with E-state index < -0.39 is 0 Å². The Hall–Kier alpha value is -3.70. The van der Waals surface area contributed by atoms with Crippen molar-refractivity contribution in [1.29, 1.82) is 0 Å². The molecule has 0 spiro atoms. The molecule has 1 amide bonds. The topological polar surface area (TPSA) is 28.5 Å². The largest absolute Gasteiger partial charge is 0.350 e. The van der Waals surface area contributed by atoms with Gasteiger partial charge in [-0.05, 0) is 34.9 Å². The van der Waals surface area contributed by atoms with Gasteiger partial charge in [-0.15, -0.1) is 0 Å². The highest BCUT2D eigenvalue weighted by Gasteiger charge is 2.27. The Morgan fingerprint density at radius 1 is 0.917 bits per heavy atom. The molecular weight excluding hydrogens is 449 g/mol. The van der Waals surface area contributed by atoms with Crippen LogP contribution >= 0.6 is 0 Å². The number of fused-ring (bicyclic) bond motifs is 1. The van der Waals surface area contributed by atoms with Crippen LogP contribution in [0.1, 0.15) is 29.0 Å². The number of benzene rings is 3. The van der Waals surface area contributed by atoms with Crippen LogP contribution in [0.4, 0.5) is 4.39 Å². The first-order valence-corrected chi connectivity index (χ1v) is 12.6. The van der Waals surface area contributed by atoms with Crippen molar-refractivity contribution in [2.45, 2.75) is 12.3 Å². The van der Waals surface area contributed by atoms with Crippen LogP contribution in [0.25, 0.3) is 17.0 Å². The number of para-hydroxylation sites is 1. The number of halogens is 1. The summed E-state index contributed by atoms with van der Waals surface area (Å²) < 4.78 is 15.8. The molecule has 184 valence electrons. The second-order valence-corrected chi connectivity index (χ2v) is 9.52. The van der Waals surface area contributed by atoms with E-state index in [1.54, 1.807) is 0 Å². The van der Waals surface area contributed by atoms with Crippen molar-refractivity contribution >= 4 is 22.9 Å². The van der Waals surface area contributed by atoms with Crippen LogP contribution in [-0.2, 0) is 11.8 Å². The van der Waals surface area contributed by atoms with Gasteiger partial charge in [0.05, 0.1) is 0 Å². The third-order valence-corrected chi connectivity index (χ3v) is 7.15. The van der Waals surface area contributed by atoms with Gasteiger partial charge in [-0.25, -0.2) is 4.39 Å². The summed E-state index contributed by atoms with van der Waals surface area (Å²) in [6.07, 6.45) is 6.82. The molecule has 1 unspecified atom stereocenters. The van der Waals surface area contributed by atoms with Crippen molar-refractivity contribution in [3.8, 4) is 0 Å². The fourth-order valence-electron chi connectivity index (χ4n) is 5.14. The molecule has 2 heterocycles. The third-order valence-electron chi connectivity index (χ3n) is 7.15. The predicted molar refractivity (Wildman–Crippen MR) is 144 cm³/mol. The zero-order valence-corrected chi connectivity index (χ0v) is 20.7. The van der Waals surface area contributed by atoms with Gasteiger partial charge in [-0.2, -0.15) is 0 Å². The lowest BCUT2D eigenvalue weighted by Gasteiger charge is -2.35. The predicted octanol–water partition coefficient (Wildman–Crippen LogP) is 5.70. The summed E-state index contributed by atoms with van der Waals surface area (Å²) in [7, 11) is 2.03. The molecule has 1 aliphatic heterocycles. The van der Waals surface area contributed by atoms with Crippen LogP contribution < -0.4 is 0 Å². The lowest BCUT2D eigenvalue weighted by molar-refractivity contribution is -0.133. The number of carbonyl (C=O) groups is 1. The molecular formula is C31H32FN3O. The molecule has 0 radical (unpaired) electrons. The van der Waals surface area contributed by atoms with Gasteiger partial charge >= 0.3 is 0 Å². The first kappa shape index (κ1) is 24.0. The molecule has 4 aromatic rings. The maximum Gasteiger partial charge on any atom is 0.223 e. The Labute approximate surface area is 212 Å². The molecule has 0 saturated carbocycles. The van der Waals surface area contributed by atoms with Crippen molar-refractivity contribution < 1.29 is 9.18 Å². The molecule has 3 aromatic carbocycles. The summed E-state index contributed by atoms with van der Waals surface area (Å²) >= 11 is 0. The lowest BCUT2D eigenvalue weighted by atomic mass is 9.87. The lowest BCUT2D eigenvalue weighted by Crippen LogP contribution is -2.48. The fourth-order valence-corrected chi connectivity index (χ4v) is 5.14. The Morgan fingerprint density at radius 3 is 2.36 bits per heavy atom. The van der Waals surface area contributed by atoms with Crippen LogP contribution in [0.15, 0.2) is 91.1 Å². The highest BCUT2D eigenvalue weighted by molar-refractivity contribution is 5.86. The molecule has 4 nitrogen and oxygen atoms in total. The summed E-state index contributed by atoms with van der Waals surface area (Å²) in [5.41, 5.74) is 4.40. The SMILES string of the molecule is Cn1cc(C(CC(=O)N2CCN(CC=Cc3ccccc3)CC2)c2ccc(F)cc2)c2ccccc21. The average molecular weight is 482 g/mol. The van der Waals surface area contributed by atoms with E-state index in [1.807, 2.05) is 54.4 Å². The number of amides is 1. The molecule has 0 N–H and O–H groups in total. The summed E-state index contributed by atoms with van der Waals surface area (Å²) in [5, 5.41) is 1.14. The van der Waals surface area contributed by atoms with E-state index in [0.717, 1.165) is 54.8 Å². The molecule has 36 heavy (non-hydrogen) atoms. The number of rotatable bonds is 7. The number of hydrogen-bond donors (Lipinski definition) is 0. The molecule has 5 heteroatoms. The average Bonchev–Trinajstić information content (AvgIpc) is 3.25. The minimum Gasteiger partial charge on any atom is -0.350 e. The third kappa shape index (κ3) is 5.42. The summed E-state index contributed by atoms with van der Waals surface area (Å²) in [5.74, 6) is -0.244. The second kappa shape index (κ2) is 10.9. The Balaban J connectivity index is 1.27. The van der Waals surface area contributed by atoms with Gasteiger partial charge < -0.3 is 9.47 Å². The zero-order chi connectivity index (χ0) is 24.9. The number of hydrogen-bond acceptors (Lipinski definition) is 2. The van der Waals surface area contributed by atoms with E-state index in [2.05, 4.69) is 52.1 Å². The maximum atomic E-state index is 13.7. The minimum absolute atomic E-state index is 0.129. The van der Waals surface area contributed by atoms with E-state index in [9.17, 15) is 9.18 Å². The van der Waals surface area contributed by atoms with Crippen molar-refractivity contribution in [3.63, 3.8) is 0 Å². The van der Waals surface area contributed by atoms with Crippen LogP contribution in [0.3, 0.4) is 0 Å². The Morgan fingerprint density at radius 2 is 1.61 bits per heavy atom. The summed E-state index contributed by atoms with van der Waals surface area (Å²) in [6, 6.07) is 25.1. The number of aromatic nitrogens is 1. The monoisotopic (exact) mass is 481 g/mol. The number of nitrogens with zero attached hydrogens (tertiary/aromatic N) is 3. The van der Waals surface area contributed by atoms with E-state index in [1.165, 1.54) is 17.7 Å². The van der Waals surface area contributed by atoms with Crippen LogP contribution in [-0.4, -0.2) is 53.0 Å². The standard InChI is InChI=1S/C31H32FN3O/c1-33-23-29(27-11-5-6-12-30(27)33)28(25-13-15-26(32)16-14-25)22-31(36)35-20-18-34(19-21-35)17-7-10-24-8-3-2-4-9-24/h2-16,23,28H,17-22H2,1H3. The van der Waals surface area contributed by atoms with Gasteiger partial charge in [0.15, 0.2) is 0 Å². The zero-order valence-electron chi connectivity index (χ0n) is 20.7. The molecule has 0 aliphatic carbocycles. The first-order valence-electron chi connectivity index (χ1n) is 12.6. The van der Waals surface area contributed by atoms with Crippen molar-refractivity contribution in [2.75, 3.05) is 32.7 Å². The van der Waals surface area contributed by atoms with Crippen molar-refractivity contribution in [2.24, 2.45) is 7.05 Å². The van der Waals surface area contributed by atoms with Crippen molar-refractivity contribution in [1.82, 2.24) is 14.4 Å². The second-order valence-electron chi connectivity index (χ2n) is 9.52. The van der Waals surface area contributed by atoms with Gasteiger partial charge in [0.25, 0.3) is 0 Å². The number of piperazine rings is 1. The van der Waals surface area contributed by atoms with E-state index in [0.29, 0.717) is 6.42 Å². The van der Waals surface area contributed by atoms with Gasteiger partial charge in [0.2, 0.25) is 5.91 Å². The van der Waals surface area contributed by atoms with Gasteiger partial charge in [-0.1, -0.05) is 72.8 Å². The Bertz CT molecular complexity index is 1340. The van der Waals surface area contributed by atoms with Crippen molar-refractivity contribution in [3.05, 3.63) is 114 Å². The highest BCUT2D eigenvalue weighted by atomic mass is 19.1. The molecule has 1 saturated heterocycles. The first-order chi connectivity index (χ1) is 17.6. The molecule has 5 rings (SSSR count). The molecule has 1 fully saturated rings. The van der Waals surface area contributed by atoms with E-state index in [4.69, 9.17) is 0 Å². The van der Waals surface area contributed by atoms with Crippen LogP contribution in [0, 0.1) is 5.82 Å². The van der Waals surface area contributed by atoms with Crippen LogP contribution in [0.2, 0.25) is 0 Å². The minimum atomic E-state index is -0.265. The molecule has 0 bridgehead atoms.